The van der Waals surface area contributed by atoms with Gasteiger partial charge in [-0.3, -0.25) is 4.79 Å². The van der Waals surface area contributed by atoms with Crippen molar-refractivity contribution in [3.05, 3.63) is 24.3 Å². The molecule has 0 saturated heterocycles. The van der Waals surface area contributed by atoms with E-state index >= 15 is 0 Å². The fourth-order valence-corrected chi connectivity index (χ4v) is 2.34. The van der Waals surface area contributed by atoms with Crippen molar-refractivity contribution in [3.8, 4) is 0 Å². The first-order valence-corrected chi connectivity index (χ1v) is 5.13. The Bertz CT molecular complexity index is 262. The molecule has 0 radical (unpaired) electrons. The fraction of sp³-hybridized carbons (Fsp3) is 0.583. The molecule has 0 bridgehead atoms. The van der Waals surface area contributed by atoms with Gasteiger partial charge >= 0.3 is 0 Å². The highest BCUT2D eigenvalue weighted by Gasteiger charge is 2.43. The Hall–Kier alpha value is -0.850. The van der Waals surface area contributed by atoms with E-state index in [4.69, 9.17) is 0 Å². The largest absolute Gasteiger partial charge is 0.295 e. The second-order valence-corrected chi connectivity index (χ2v) is 4.16. The number of hydrogen-bond donors (Lipinski definition) is 0. The van der Waals surface area contributed by atoms with Gasteiger partial charge in [-0.25, -0.2) is 0 Å². The molecule has 2 aliphatic carbocycles. The van der Waals surface area contributed by atoms with Crippen LogP contribution in [0.2, 0.25) is 0 Å². The molecule has 13 heavy (non-hydrogen) atoms. The Kier molecular flexibility index (Phi) is 2.34. The Morgan fingerprint density at radius 1 is 1.62 bits per heavy atom. The summed E-state index contributed by atoms with van der Waals surface area (Å²) in [5, 5.41) is 0. The number of rotatable bonds is 3. The van der Waals surface area contributed by atoms with E-state index in [0.717, 1.165) is 18.3 Å². The number of hydrogen-bond acceptors (Lipinski definition) is 1. The van der Waals surface area contributed by atoms with Gasteiger partial charge < -0.3 is 0 Å². The van der Waals surface area contributed by atoms with Crippen LogP contribution in [-0.2, 0) is 4.79 Å². The highest BCUT2D eigenvalue weighted by molar-refractivity contribution is 5.89. The third-order valence-electron chi connectivity index (χ3n) is 3.14. The first-order valence-electron chi connectivity index (χ1n) is 5.13. The molecule has 3 atom stereocenters. The predicted molar refractivity (Wildman–Crippen MR) is 53.3 cm³/mol. The first-order chi connectivity index (χ1) is 6.31. The normalized spacial score (nSPS) is 36.2. The zero-order chi connectivity index (χ0) is 9.26. The molecule has 0 amide bonds. The van der Waals surface area contributed by atoms with Gasteiger partial charge in [-0.2, -0.15) is 0 Å². The third-order valence-corrected chi connectivity index (χ3v) is 3.14. The molecule has 0 heterocycles. The maximum Gasteiger partial charge on any atom is 0.155 e. The molecule has 0 aromatic rings. The van der Waals surface area contributed by atoms with Gasteiger partial charge in [0.1, 0.15) is 0 Å². The maximum absolute atomic E-state index is 11.4. The van der Waals surface area contributed by atoms with Crippen LogP contribution in [0.25, 0.3) is 0 Å². The van der Waals surface area contributed by atoms with Crippen molar-refractivity contribution in [2.75, 3.05) is 0 Å². The summed E-state index contributed by atoms with van der Waals surface area (Å²) in [6.07, 6.45) is 11.3. The Morgan fingerprint density at radius 3 is 3.23 bits per heavy atom. The van der Waals surface area contributed by atoms with E-state index in [1.165, 1.54) is 12.8 Å². The van der Waals surface area contributed by atoms with Crippen LogP contribution in [0.3, 0.4) is 0 Å². The summed E-state index contributed by atoms with van der Waals surface area (Å²) in [6.45, 7) is 1.90. The molecule has 0 spiro atoms. The number of carbonyl (C=O) groups is 1. The van der Waals surface area contributed by atoms with Crippen LogP contribution in [0.15, 0.2) is 24.3 Å². The number of carbonyl (C=O) groups excluding carboxylic acids is 1. The van der Waals surface area contributed by atoms with Crippen molar-refractivity contribution in [3.63, 3.8) is 0 Å². The van der Waals surface area contributed by atoms with Gasteiger partial charge in [0.2, 0.25) is 0 Å². The minimum atomic E-state index is 0.282. The lowest BCUT2D eigenvalue weighted by molar-refractivity contribution is -0.115. The van der Waals surface area contributed by atoms with Gasteiger partial charge in [0.05, 0.1) is 0 Å². The van der Waals surface area contributed by atoms with E-state index in [-0.39, 0.29) is 5.78 Å². The minimum absolute atomic E-state index is 0.282. The molecule has 2 aliphatic rings. The van der Waals surface area contributed by atoms with E-state index in [1.807, 2.05) is 13.0 Å². The van der Waals surface area contributed by atoms with Crippen LogP contribution in [-0.4, -0.2) is 5.78 Å². The molecule has 3 unspecified atom stereocenters. The summed E-state index contributed by atoms with van der Waals surface area (Å²) < 4.78 is 0. The van der Waals surface area contributed by atoms with Crippen LogP contribution in [0.5, 0.6) is 0 Å². The monoisotopic (exact) mass is 176 g/mol. The van der Waals surface area contributed by atoms with Gasteiger partial charge in [-0.15, -0.1) is 0 Å². The van der Waals surface area contributed by atoms with Gasteiger partial charge in [0, 0.05) is 6.42 Å². The minimum Gasteiger partial charge on any atom is -0.295 e. The maximum atomic E-state index is 11.4. The molecule has 1 nitrogen and oxygen atoms in total. The molecule has 0 aliphatic heterocycles. The summed E-state index contributed by atoms with van der Waals surface area (Å²) in [6, 6.07) is 0. The lowest BCUT2D eigenvalue weighted by Gasteiger charge is -2.13. The predicted octanol–water partition coefficient (Wildman–Crippen LogP) is 2.73. The van der Waals surface area contributed by atoms with Crippen molar-refractivity contribution >= 4 is 5.78 Å². The highest BCUT2D eigenvalue weighted by Crippen LogP contribution is 2.51. The van der Waals surface area contributed by atoms with Gasteiger partial charge in [-0.1, -0.05) is 18.2 Å². The summed E-state index contributed by atoms with van der Waals surface area (Å²) in [7, 11) is 0. The van der Waals surface area contributed by atoms with Crippen LogP contribution < -0.4 is 0 Å². The average Bonchev–Trinajstić information content (AvgIpc) is 2.84. The first kappa shape index (κ1) is 8.74. The van der Waals surface area contributed by atoms with Crippen molar-refractivity contribution in [2.45, 2.75) is 26.2 Å². The highest BCUT2D eigenvalue weighted by atomic mass is 16.1. The summed E-state index contributed by atoms with van der Waals surface area (Å²) in [5.74, 6) is 2.57. The summed E-state index contributed by atoms with van der Waals surface area (Å²) in [5.41, 5.74) is 0. The Morgan fingerprint density at radius 2 is 2.46 bits per heavy atom. The van der Waals surface area contributed by atoms with Crippen molar-refractivity contribution in [1.82, 2.24) is 0 Å². The van der Waals surface area contributed by atoms with E-state index in [9.17, 15) is 4.79 Å². The van der Waals surface area contributed by atoms with Crippen LogP contribution in [0.1, 0.15) is 26.2 Å². The van der Waals surface area contributed by atoms with Gasteiger partial charge in [0.15, 0.2) is 5.78 Å². The van der Waals surface area contributed by atoms with E-state index in [1.54, 1.807) is 6.08 Å². The quantitative estimate of drug-likeness (QED) is 0.477. The molecule has 0 aromatic carbocycles. The Balaban J connectivity index is 1.90. The molecular weight excluding hydrogens is 160 g/mol. The van der Waals surface area contributed by atoms with Crippen LogP contribution in [0, 0.1) is 17.8 Å². The molecule has 0 aromatic heterocycles. The molecular formula is C12H16O. The third kappa shape index (κ3) is 1.90. The van der Waals surface area contributed by atoms with E-state index in [2.05, 4.69) is 12.2 Å². The molecule has 0 N–H and O–H groups in total. The lowest BCUT2D eigenvalue weighted by atomic mass is 9.91. The van der Waals surface area contributed by atoms with Crippen LogP contribution in [0.4, 0.5) is 0 Å². The van der Waals surface area contributed by atoms with Crippen molar-refractivity contribution in [2.24, 2.45) is 17.8 Å². The van der Waals surface area contributed by atoms with E-state index < -0.39 is 0 Å². The average molecular weight is 176 g/mol. The SMILES string of the molecule is CC=CC(=O)CC1C=CCC2CC12. The Labute approximate surface area is 79.5 Å². The zero-order valence-corrected chi connectivity index (χ0v) is 8.07. The molecule has 1 fully saturated rings. The summed E-state index contributed by atoms with van der Waals surface area (Å²) >= 11 is 0. The molecule has 1 heteroatoms. The smallest absolute Gasteiger partial charge is 0.155 e. The van der Waals surface area contributed by atoms with Gasteiger partial charge in [0.25, 0.3) is 0 Å². The zero-order valence-electron chi connectivity index (χ0n) is 8.07. The van der Waals surface area contributed by atoms with Crippen molar-refractivity contribution in [1.29, 1.82) is 0 Å². The molecule has 70 valence electrons. The number of ketones is 1. The van der Waals surface area contributed by atoms with E-state index in [0.29, 0.717) is 5.92 Å². The second-order valence-electron chi connectivity index (χ2n) is 4.16. The van der Waals surface area contributed by atoms with Crippen LogP contribution >= 0.6 is 0 Å². The lowest BCUT2D eigenvalue weighted by Crippen LogP contribution is -2.09. The molecule has 2 rings (SSSR count). The fourth-order valence-electron chi connectivity index (χ4n) is 2.34. The van der Waals surface area contributed by atoms with Gasteiger partial charge in [-0.05, 0) is 43.6 Å². The van der Waals surface area contributed by atoms with Crippen molar-refractivity contribution < 1.29 is 4.79 Å². The molecule has 1 saturated carbocycles. The number of allylic oxidation sites excluding steroid dienone is 4. The summed E-state index contributed by atoms with van der Waals surface area (Å²) in [4.78, 5) is 11.4. The number of fused-ring (bicyclic) bond motifs is 1. The second kappa shape index (κ2) is 3.49. The topological polar surface area (TPSA) is 17.1 Å². The standard InChI is InChI=1S/C12H16O/c1-2-4-11(13)7-9-5-3-6-10-8-12(9)10/h2-5,9-10,12H,6-8H2,1H3.